The van der Waals surface area contributed by atoms with Crippen LogP contribution in [0.4, 0.5) is 10.1 Å². The first-order valence-corrected chi connectivity index (χ1v) is 10.1. The van der Waals surface area contributed by atoms with Crippen LogP contribution in [0, 0.1) is 11.2 Å². The first-order chi connectivity index (χ1) is 13.8. The second kappa shape index (κ2) is 7.88. The van der Waals surface area contributed by atoms with E-state index in [9.17, 15) is 9.18 Å². The van der Waals surface area contributed by atoms with E-state index in [4.69, 9.17) is 44.6 Å². The summed E-state index contributed by atoms with van der Waals surface area (Å²) in [6, 6.07) is 11.9. The highest BCUT2D eigenvalue weighted by atomic mass is 35.5. The smallest absolute Gasteiger partial charge is 0.271 e. The molecule has 0 radical (unpaired) electrons. The average molecular weight is 468 g/mol. The number of thioether (sulfide) groups is 1. The molecule has 146 valence electrons. The highest BCUT2D eigenvalue weighted by Gasteiger charge is 2.33. The van der Waals surface area contributed by atoms with Gasteiger partial charge in [0, 0.05) is 11.6 Å². The van der Waals surface area contributed by atoms with Gasteiger partial charge in [-0.2, -0.15) is 0 Å². The zero-order valence-corrected chi connectivity index (χ0v) is 17.5. The Morgan fingerprint density at radius 2 is 1.69 bits per heavy atom. The van der Waals surface area contributed by atoms with Crippen LogP contribution >= 0.6 is 46.6 Å². The summed E-state index contributed by atoms with van der Waals surface area (Å²) in [5.41, 5.74) is 0.983. The summed E-state index contributed by atoms with van der Waals surface area (Å²) >= 11 is 19.2. The van der Waals surface area contributed by atoms with E-state index in [2.05, 4.69) is 0 Å². The van der Waals surface area contributed by atoms with Crippen LogP contribution < -0.4 is 4.90 Å². The molecule has 1 saturated heterocycles. The second-order valence-electron chi connectivity index (χ2n) is 5.98. The summed E-state index contributed by atoms with van der Waals surface area (Å²) < 4.78 is 18.9. The minimum Gasteiger partial charge on any atom is -0.457 e. The summed E-state index contributed by atoms with van der Waals surface area (Å²) in [6.07, 6.45) is 1.54. The van der Waals surface area contributed by atoms with Gasteiger partial charge in [-0.3, -0.25) is 15.1 Å². The number of carbonyl (C=O) groups excluding carboxylic acids is 1. The molecule has 9 heteroatoms. The van der Waals surface area contributed by atoms with E-state index >= 15 is 0 Å². The van der Waals surface area contributed by atoms with E-state index in [0.717, 1.165) is 11.8 Å². The van der Waals surface area contributed by atoms with Crippen LogP contribution in [0.25, 0.3) is 17.4 Å². The Bertz CT molecular complexity index is 1170. The molecule has 1 aliphatic heterocycles. The number of carbonyl (C=O) groups is 1. The standard InChI is InChI=1S/C20H10Cl3FN2O2S/c21-14-9-16(23)15(22)8-13(14)17-6-5-12(28-17)7-18-19(27)26(20(25)29-18)11-3-1-10(24)2-4-11/h1-9,25H/b18-7-,25-20?. The number of nitrogens with one attached hydrogen (secondary N) is 1. The van der Waals surface area contributed by atoms with Crippen LogP contribution in [0.5, 0.6) is 0 Å². The molecule has 29 heavy (non-hydrogen) atoms. The fraction of sp³-hybridized carbons (Fsp3) is 0. The molecule has 0 bridgehead atoms. The Balaban J connectivity index is 1.63. The van der Waals surface area contributed by atoms with Crippen molar-refractivity contribution in [1.82, 2.24) is 0 Å². The van der Waals surface area contributed by atoms with Crippen molar-refractivity contribution in [2.24, 2.45) is 0 Å². The van der Waals surface area contributed by atoms with E-state index in [1.54, 1.807) is 24.3 Å². The number of rotatable bonds is 3. The van der Waals surface area contributed by atoms with Crippen LogP contribution in [-0.2, 0) is 4.79 Å². The fourth-order valence-electron chi connectivity index (χ4n) is 2.73. The SMILES string of the molecule is N=C1S/C(=C\c2ccc(-c3cc(Cl)c(Cl)cc3Cl)o2)C(=O)N1c1ccc(F)cc1. The Hall–Kier alpha value is -2.25. The van der Waals surface area contributed by atoms with Crippen molar-refractivity contribution in [3.63, 3.8) is 0 Å². The average Bonchev–Trinajstić information content (AvgIpc) is 3.24. The van der Waals surface area contributed by atoms with Crippen molar-refractivity contribution in [3.8, 4) is 11.3 Å². The molecule has 2 aromatic carbocycles. The third kappa shape index (κ3) is 3.94. The summed E-state index contributed by atoms with van der Waals surface area (Å²) in [5.74, 6) is 0.0598. The first kappa shape index (κ1) is 20.0. The number of amidine groups is 1. The van der Waals surface area contributed by atoms with Gasteiger partial charge in [0.05, 0.1) is 25.7 Å². The number of hydrogen-bond acceptors (Lipinski definition) is 4. The highest BCUT2D eigenvalue weighted by molar-refractivity contribution is 8.19. The third-order valence-corrected chi connectivity index (χ3v) is 6.01. The monoisotopic (exact) mass is 466 g/mol. The van der Waals surface area contributed by atoms with Crippen LogP contribution in [0.1, 0.15) is 5.76 Å². The summed E-state index contributed by atoms with van der Waals surface area (Å²) in [5, 5.41) is 9.17. The van der Waals surface area contributed by atoms with E-state index < -0.39 is 11.7 Å². The molecule has 3 aromatic rings. The van der Waals surface area contributed by atoms with Crippen molar-refractivity contribution < 1.29 is 13.6 Å². The van der Waals surface area contributed by atoms with Gasteiger partial charge < -0.3 is 4.42 Å². The lowest BCUT2D eigenvalue weighted by Crippen LogP contribution is -2.28. The maximum Gasteiger partial charge on any atom is 0.271 e. The van der Waals surface area contributed by atoms with Gasteiger partial charge >= 0.3 is 0 Å². The topological polar surface area (TPSA) is 57.3 Å². The molecule has 0 saturated carbocycles. The van der Waals surface area contributed by atoms with E-state index in [-0.39, 0.29) is 5.17 Å². The Morgan fingerprint density at radius 1 is 1.00 bits per heavy atom. The summed E-state index contributed by atoms with van der Waals surface area (Å²) in [7, 11) is 0. The molecule has 0 atom stereocenters. The number of halogens is 4. The lowest BCUT2D eigenvalue weighted by molar-refractivity contribution is -0.113. The van der Waals surface area contributed by atoms with Gasteiger partial charge in [-0.25, -0.2) is 4.39 Å². The van der Waals surface area contributed by atoms with Gasteiger partial charge in [0.2, 0.25) is 0 Å². The zero-order chi connectivity index (χ0) is 20.7. The number of anilines is 1. The number of furan rings is 1. The van der Waals surface area contributed by atoms with Crippen molar-refractivity contribution in [2.45, 2.75) is 0 Å². The van der Waals surface area contributed by atoms with Gasteiger partial charge in [0.1, 0.15) is 17.3 Å². The molecular formula is C20H10Cl3FN2O2S. The zero-order valence-electron chi connectivity index (χ0n) is 14.4. The molecule has 1 N–H and O–H groups in total. The Labute approximate surface area is 184 Å². The van der Waals surface area contributed by atoms with Crippen LogP contribution in [0.3, 0.4) is 0 Å². The molecule has 1 aromatic heterocycles. The quantitative estimate of drug-likeness (QED) is 0.330. The molecular weight excluding hydrogens is 458 g/mol. The second-order valence-corrected chi connectivity index (χ2v) is 8.23. The number of amides is 1. The van der Waals surface area contributed by atoms with Crippen molar-refractivity contribution in [1.29, 1.82) is 5.41 Å². The predicted molar refractivity (Wildman–Crippen MR) is 116 cm³/mol. The molecule has 0 unspecified atom stereocenters. The normalized spacial score (nSPS) is 15.6. The first-order valence-electron chi connectivity index (χ1n) is 8.16. The third-order valence-electron chi connectivity index (χ3n) is 4.08. The molecule has 1 fully saturated rings. The molecule has 4 rings (SSSR count). The lowest BCUT2D eigenvalue weighted by Gasteiger charge is -2.13. The number of nitrogens with zero attached hydrogens (tertiary/aromatic N) is 1. The Morgan fingerprint density at radius 3 is 2.41 bits per heavy atom. The molecule has 1 amide bonds. The molecule has 0 aliphatic carbocycles. The van der Waals surface area contributed by atoms with Gasteiger partial charge in [-0.1, -0.05) is 34.8 Å². The Kier molecular flexibility index (Phi) is 5.44. The van der Waals surface area contributed by atoms with Gasteiger partial charge in [-0.05, 0) is 60.3 Å². The van der Waals surface area contributed by atoms with Gasteiger partial charge in [0.25, 0.3) is 5.91 Å². The largest absolute Gasteiger partial charge is 0.457 e. The predicted octanol–water partition coefficient (Wildman–Crippen LogP) is 7.10. The molecule has 0 spiro atoms. The lowest BCUT2D eigenvalue weighted by atomic mass is 10.2. The van der Waals surface area contributed by atoms with Crippen molar-refractivity contribution in [2.75, 3.05) is 4.90 Å². The molecule has 2 heterocycles. The number of hydrogen-bond donors (Lipinski definition) is 1. The van der Waals surface area contributed by atoms with Gasteiger partial charge in [0.15, 0.2) is 5.17 Å². The maximum atomic E-state index is 13.1. The van der Waals surface area contributed by atoms with Crippen LogP contribution in [0.15, 0.2) is 57.9 Å². The van der Waals surface area contributed by atoms with Crippen LogP contribution in [0.2, 0.25) is 15.1 Å². The van der Waals surface area contributed by atoms with E-state index in [1.807, 2.05) is 0 Å². The molecule has 1 aliphatic rings. The highest BCUT2D eigenvalue weighted by Crippen LogP contribution is 2.38. The van der Waals surface area contributed by atoms with Crippen molar-refractivity contribution in [3.05, 3.63) is 80.1 Å². The molecule has 4 nitrogen and oxygen atoms in total. The van der Waals surface area contributed by atoms with E-state index in [1.165, 1.54) is 35.2 Å². The van der Waals surface area contributed by atoms with Gasteiger partial charge in [-0.15, -0.1) is 0 Å². The van der Waals surface area contributed by atoms with Crippen molar-refractivity contribution >= 4 is 69.4 Å². The number of benzene rings is 2. The summed E-state index contributed by atoms with van der Waals surface area (Å²) in [6.45, 7) is 0. The maximum absolute atomic E-state index is 13.1. The fourth-order valence-corrected chi connectivity index (χ4v) is 4.21. The van der Waals surface area contributed by atoms with Crippen LogP contribution in [-0.4, -0.2) is 11.1 Å². The minimum atomic E-state index is -0.417. The van der Waals surface area contributed by atoms with E-state index in [0.29, 0.717) is 42.7 Å². The minimum absolute atomic E-state index is 0.0205. The summed E-state index contributed by atoms with van der Waals surface area (Å²) in [4.78, 5) is 14.2.